The molecule has 4 heteroatoms. The van der Waals surface area contributed by atoms with Gasteiger partial charge in [0.25, 0.3) is 0 Å². The molecule has 2 aliphatic rings. The van der Waals surface area contributed by atoms with Gasteiger partial charge in [0, 0.05) is 0 Å². The number of hydrogen-bond acceptors (Lipinski definition) is 2. The van der Waals surface area contributed by atoms with Gasteiger partial charge in [-0.3, -0.25) is 9.59 Å². The van der Waals surface area contributed by atoms with Gasteiger partial charge in [-0.1, -0.05) is 13.8 Å². The van der Waals surface area contributed by atoms with Crippen LogP contribution in [0.25, 0.3) is 0 Å². The summed E-state index contributed by atoms with van der Waals surface area (Å²) in [6.45, 7) is 3.87. The Kier molecular flexibility index (Phi) is 2.07. The molecule has 2 bridgehead atoms. The number of carboxylic acid groups (broad SMARTS) is 2. The van der Waals surface area contributed by atoms with Crippen LogP contribution in [-0.2, 0) is 9.59 Å². The van der Waals surface area contributed by atoms with Crippen molar-refractivity contribution in [3.8, 4) is 0 Å². The Morgan fingerprint density at radius 2 is 1.67 bits per heavy atom. The van der Waals surface area contributed by atoms with E-state index in [1.54, 1.807) is 6.92 Å². The highest BCUT2D eigenvalue weighted by atomic mass is 16.4. The molecule has 4 atom stereocenters. The quantitative estimate of drug-likeness (QED) is 0.679. The van der Waals surface area contributed by atoms with Crippen LogP contribution in [0, 0.1) is 29.1 Å². The lowest BCUT2D eigenvalue weighted by atomic mass is 9.64. The van der Waals surface area contributed by atoms with Crippen molar-refractivity contribution in [2.75, 3.05) is 0 Å². The van der Waals surface area contributed by atoms with Gasteiger partial charge in [0.15, 0.2) is 5.41 Å². The first-order valence-corrected chi connectivity index (χ1v) is 5.39. The maximum Gasteiger partial charge on any atom is 0.321 e. The molecule has 2 aliphatic carbocycles. The van der Waals surface area contributed by atoms with Crippen LogP contribution < -0.4 is 0 Å². The summed E-state index contributed by atoms with van der Waals surface area (Å²) in [6, 6.07) is 0. The number of carbonyl (C=O) groups is 2. The summed E-state index contributed by atoms with van der Waals surface area (Å²) in [6.07, 6.45) is 1.51. The van der Waals surface area contributed by atoms with E-state index in [0.717, 1.165) is 12.8 Å². The molecule has 0 saturated heterocycles. The molecule has 15 heavy (non-hydrogen) atoms. The van der Waals surface area contributed by atoms with Crippen LogP contribution >= 0.6 is 0 Å². The monoisotopic (exact) mass is 212 g/mol. The molecule has 84 valence electrons. The molecule has 0 heterocycles. The molecule has 0 aromatic rings. The summed E-state index contributed by atoms with van der Waals surface area (Å²) < 4.78 is 0. The molecule has 4 unspecified atom stereocenters. The van der Waals surface area contributed by atoms with E-state index in [1.807, 2.05) is 0 Å². The second kappa shape index (κ2) is 2.97. The molecule has 0 radical (unpaired) electrons. The smallest absolute Gasteiger partial charge is 0.321 e. The number of rotatable bonds is 2. The van der Waals surface area contributed by atoms with Crippen LogP contribution in [0.5, 0.6) is 0 Å². The van der Waals surface area contributed by atoms with Crippen LogP contribution in [0.15, 0.2) is 0 Å². The van der Waals surface area contributed by atoms with E-state index in [0.29, 0.717) is 5.92 Å². The normalized spacial score (nSPS) is 41.7. The molecular formula is C11H16O4. The van der Waals surface area contributed by atoms with Gasteiger partial charge >= 0.3 is 11.9 Å². The van der Waals surface area contributed by atoms with E-state index >= 15 is 0 Å². The third-order valence-corrected chi connectivity index (χ3v) is 4.66. The first-order chi connectivity index (χ1) is 6.92. The maximum absolute atomic E-state index is 11.3. The Bertz CT molecular complexity index is 305. The topological polar surface area (TPSA) is 74.6 Å². The summed E-state index contributed by atoms with van der Waals surface area (Å²) in [5.41, 5.74) is -1.52. The van der Waals surface area contributed by atoms with E-state index < -0.39 is 17.4 Å². The zero-order chi connectivity index (χ0) is 11.4. The fourth-order valence-corrected chi connectivity index (χ4v) is 3.89. The molecule has 0 spiro atoms. The molecule has 2 N–H and O–H groups in total. The predicted molar refractivity (Wildman–Crippen MR) is 52.2 cm³/mol. The Balaban J connectivity index is 2.45. The van der Waals surface area contributed by atoms with Crippen molar-refractivity contribution >= 4 is 11.9 Å². The van der Waals surface area contributed by atoms with Gasteiger partial charge in [0.2, 0.25) is 0 Å². The van der Waals surface area contributed by atoms with E-state index in [-0.39, 0.29) is 17.8 Å². The highest BCUT2D eigenvalue weighted by molar-refractivity contribution is 5.99. The average Bonchev–Trinajstić information content (AvgIpc) is 2.58. The van der Waals surface area contributed by atoms with Crippen molar-refractivity contribution in [3.63, 3.8) is 0 Å². The number of aliphatic carboxylic acids is 2. The highest BCUT2D eigenvalue weighted by Crippen LogP contribution is 2.61. The lowest BCUT2D eigenvalue weighted by Gasteiger charge is -2.37. The average molecular weight is 212 g/mol. The van der Waals surface area contributed by atoms with Crippen LogP contribution in [0.4, 0.5) is 0 Å². The van der Waals surface area contributed by atoms with Crippen molar-refractivity contribution in [2.24, 2.45) is 29.1 Å². The molecular weight excluding hydrogens is 196 g/mol. The molecule has 2 fully saturated rings. The Hall–Kier alpha value is -1.06. The third-order valence-electron chi connectivity index (χ3n) is 4.66. The molecule has 2 rings (SSSR count). The second-order valence-corrected chi connectivity index (χ2v) is 5.08. The van der Waals surface area contributed by atoms with Gasteiger partial charge in [-0.25, -0.2) is 0 Å². The minimum atomic E-state index is -1.52. The largest absolute Gasteiger partial charge is 0.480 e. The fourth-order valence-electron chi connectivity index (χ4n) is 3.89. The van der Waals surface area contributed by atoms with Crippen molar-refractivity contribution in [1.82, 2.24) is 0 Å². The maximum atomic E-state index is 11.3. The van der Waals surface area contributed by atoms with Gasteiger partial charge in [-0.15, -0.1) is 0 Å². The van der Waals surface area contributed by atoms with Crippen molar-refractivity contribution in [2.45, 2.75) is 26.7 Å². The first-order valence-electron chi connectivity index (χ1n) is 5.39. The first kappa shape index (κ1) is 10.5. The lowest BCUT2D eigenvalue weighted by molar-refractivity contribution is -0.174. The van der Waals surface area contributed by atoms with E-state index in [9.17, 15) is 19.8 Å². The Morgan fingerprint density at radius 3 is 2.00 bits per heavy atom. The lowest BCUT2D eigenvalue weighted by Crippen LogP contribution is -2.50. The van der Waals surface area contributed by atoms with Crippen LogP contribution in [0.2, 0.25) is 0 Å². The predicted octanol–water partition coefficient (Wildman–Crippen LogP) is 1.45. The molecule has 2 saturated carbocycles. The van der Waals surface area contributed by atoms with Gasteiger partial charge in [-0.2, -0.15) is 0 Å². The van der Waals surface area contributed by atoms with E-state index in [4.69, 9.17) is 0 Å². The molecule has 0 amide bonds. The summed E-state index contributed by atoms with van der Waals surface area (Å²) >= 11 is 0. The zero-order valence-electron chi connectivity index (χ0n) is 8.93. The van der Waals surface area contributed by atoms with Gasteiger partial charge in [0.05, 0.1) is 0 Å². The Morgan fingerprint density at radius 1 is 1.13 bits per heavy atom. The second-order valence-electron chi connectivity index (χ2n) is 5.08. The van der Waals surface area contributed by atoms with Crippen LogP contribution in [-0.4, -0.2) is 22.2 Å². The minimum absolute atomic E-state index is 0.178. The summed E-state index contributed by atoms with van der Waals surface area (Å²) in [5, 5.41) is 18.5. The molecule has 0 aromatic heterocycles. The van der Waals surface area contributed by atoms with Gasteiger partial charge in [-0.05, 0) is 36.5 Å². The molecule has 0 aromatic carbocycles. The van der Waals surface area contributed by atoms with Crippen molar-refractivity contribution in [1.29, 1.82) is 0 Å². The fraction of sp³-hybridized carbons (Fsp3) is 0.818. The summed E-state index contributed by atoms with van der Waals surface area (Å²) in [5.74, 6) is -1.99. The number of hydrogen-bond donors (Lipinski definition) is 2. The standard InChI is InChI=1S/C11H16O4/c1-5-3-7-4-8(5)6(2)11(7,9(12)13)10(14)15/h5-8H,3-4H2,1-2H3,(H,12,13)(H,14,15). The van der Waals surface area contributed by atoms with E-state index in [2.05, 4.69) is 6.92 Å². The van der Waals surface area contributed by atoms with Crippen molar-refractivity contribution in [3.05, 3.63) is 0 Å². The van der Waals surface area contributed by atoms with Crippen LogP contribution in [0.1, 0.15) is 26.7 Å². The van der Waals surface area contributed by atoms with E-state index in [1.165, 1.54) is 0 Å². The highest BCUT2D eigenvalue weighted by Gasteiger charge is 2.67. The molecule has 4 nitrogen and oxygen atoms in total. The van der Waals surface area contributed by atoms with Crippen LogP contribution in [0.3, 0.4) is 0 Å². The number of fused-ring (bicyclic) bond motifs is 2. The van der Waals surface area contributed by atoms with Gasteiger partial charge < -0.3 is 10.2 Å². The summed E-state index contributed by atoms with van der Waals surface area (Å²) in [4.78, 5) is 22.6. The Labute approximate surface area is 88.3 Å². The SMILES string of the molecule is CC1CC2CC1C(C)C2(C(=O)O)C(=O)O. The minimum Gasteiger partial charge on any atom is -0.480 e. The zero-order valence-corrected chi connectivity index (χ0v) is 8.93. The summed E-state index contributed by atoms with van der Waals surface area (Å²) in [7, 11) is 0. The van der Waals surface area contributed by atoms with Crippen molar-refractivity contribution < 1.29 is 19.8 Å². The number of carboxylic acids is 2. The van der Waals surface area contributed by atoms with Gasteiger partial charge in [0.1, 0.15) is 0 Å². The molecule has 0 aliphatic heterocycles. The third kappa shape index (κ3) is 1.02.